The van der Waals surface area contributed by atoms with Gasteiger partial charge in [0.05, 0.1) is 6.04 Å². The van der Waals surface area contributed by atoms with E-state index in [0.717, 1.165) is 46.3 Å². The molecule has 14 heteroatoms. The molecule has 1 aliphatic heterocycles. The molecular weight excluding hydrogens is 588 g/mol. The second kappa shape index (κ2) is 11.0. The number of carbonyl (C=O) groups excluding carboxylic acids is 2. The van der Waals surface area contributed by atoms with Crippen LogP contribution in [0.3, 0.4) is 0 Å². The molecule has 46 heavy (non-hydrogen) atoms. The highest BCUT2D eigenvalue weighted by Gasteiger charge is 2.39. The first-order valence-corrected chi connectivity index (χ1v) is 14.8. The van der Waals surface area contributed by atoms with Crippen LogP contribution in [0.5, 0.6) is 0 Å². The molecule has 0 bridgehead atoms. The highest BCUT2D eigenvalue weighted by molar-refractivity contribution is 5.97. The number of aromatic amines is 1. The fraction of sp³-hybridized carbons (Fsp3) is 0.281. The van der Waals surface area contributed by atoms with E-state index in [1.54, 1.807) is 7.05 Å². The molecule has 14 nitrogen and oxygen atoms in total. The van der Waals surface area contributed by atoms with Gasteiger partial charge in [-0.05, 0) is 52.4 Å². The summed E-state index contributed by atoms with van der Waals surface area (Å²) < 4.78 is 0. The number of tetrazole rings is 1. The van der Waals surface area contributed by atoms with Gasteiger partial charge < -0.3 is 20.9 Å². The number of nitrogens with one attached hydrogen (secondary N) is 4. The van der Waals surface area contributed by atoms with Gasteiger partial charge in [-0.1, -0.05) is 38.1 Å². The molecule has 0 saturated heterocycles. The van der Waals surface area contributed by atoms with Crippen LogP contribution in [0.25, 0.3) is 11.4 Å². The molecule has 1 aliphatic carbocycles. The molecule has 232 valence electrons. The average molecular weight is 619 g/mol. The Morgan fingerprint density at radius 1 is 1.02 bits per heavy atom. The standard InChI is InChI=1S/C32H30N10O4/c1-32(2)14-42(26-25(33-3)27(43)28(26)44)24-10-16(4-8-20(24)32)13-34-30(45)22-12-23(36-15-35-22)31(46)37-21-9-6-17-11-18(5-7-19(17)21)29-38-40-41-39-29/h4-5,7-8,10-12,15,21,33H,6,9,13-14H2,1-3H3,(H,34,45)(H,37,46)(H,38,39,40,41)/t21-/m0/s1. The van der Waals surface area contributed by atoms with Gasteiger partial charge in [0.2, 0.25) is 5.82 Å². The van der Waals surface area contributed by atoms with Crippen LogP contribution in [-0.2, 0) is 18.4 Å². The van der Waals surface area contributed by atoms with Crippen LogP contribution >= 0.6 is 0 Å². The van der Waals surface area contributed by atoms with E-state index in [9.17, 15) is 19.2 Å². The molecule has 2 aromatic heterocycles. The summed E-state index contributed by atoms with van der Waals surface area (Å²) in [6.07, 6.45) is 2.70. The average Bonchev–Trinajstić information content (AvgIpc) is 3.80. The molecule has 0 radical (unpaired) electrons. The molecule has 3 heterocycles. The Morgan fingerprint density at radius 2 is 1.83 bits per heavy atom. The van der Waals surface area contributed by atoms with E-state index in [-0.39, 0.29) is 29.4 Å². The lowest BCUT2D eigenvalue weighted by Crippen LogP contribution is -2.41. The van der Waals surface area contributed by atoms with Crippen molar-refractivity contribution in [2.45, 2.75) is 44.7 Å². The van der Waals surface area contributed by atoms with Crippen LogP contribution in [0.4, 0.5) is 17.1 Å². The van der Waals surface area contributed by atoms with Crippen molar-refractivity contribution < 1.29 is 9.59 Å². The zero-order chi connectivity index (χ0) is 32.2. The lowest BCUT2D eigenvalue weighted by atomic mass is 9.86. The van der Waals surface area contributed by atoms with Gasteiger partial charge in [-0.15, -0.1) is 10.2 Å². The summed E-state index contributed by atoms with van der Waals surface area (Å²) in [5.74, 6) is -0.362. The fourth-order valence-electron chi connectivity index (χ4n) is 6.42. The topological polar surface area (TPSA) is 188 Å². The predicted molar refractivity (Wildman–Crippen MR) is 169 cm³/mol. The van der Waals surface area contributed by atoms with E-state index in [1.807, 2.05) is 41.3 Å². The molecule has 4 N–H and O–H groups in total. The minimum atomic E-state index is -0.520. The third kappa shape index (κ3) is 4.87. The van der Waals surface area contributed by atoms with Crippen molar-refractivity contribution in [3.63, 3.8) is 0 Å². The monoisotopic (exact) mass is 618 g/mol. The maximum absolute atomic E-state index is 13.2. The van der Waals surface area contributed by atoms with Gasteiger partial charge in [-0.2, -0.15) is 5.21 Å². The Bertz CT molecular complexity index is 2080. The summed E-state index contributed by atoms with van der Waals surface area (Å²) in [7, 11) is 1.62. The van der Waals surface area contributed by atoms with Crippen molar-refractivity contribution in [3.8, 4) is 11.4 Å². The molecule has 2 aliphatic rings. The lowest BCUT2D eigenvalue weighted by Gasteiger charge is -2.25. The molecule has 2 amide bonds. The van der Waals surface area contributed by atoms with Crippen LogP contribution in [0.15, 0.2) is 58.4 Å². The van der Waals surface area contributed by atoms with E-state index in [0.29, 0.717) is 23.7 Å². The van der Waals surface area contributed by atoms with Crippen LogP contribution in [0.2, 0.25) is 0 Å². The van der Waals surface area contributed by atoms with E-state index < -0.39 is 22.7 Å². The van der Waals surface area contributed by atoms with Gasteiger partial charge >= 0.3 is 0 Å². The number of hydrogen-bond acceptors (Lipinski definition) is 11. The lowest BCUT2D eigenvalue weighted by molar-refractivity contribution is 0.0931. The Balaban J connectivity index is 1.03. The second-order valence-corrected chi connectivity index (χ2v) is 12.1. The summed E-state index contributed by atoms with van der Waals surface area (Å²) in [4.78, 5) is 60.9. The molecule has 7 rings (SSSR count). The molecule has 5 aromatic rings. The van der Waals surface area contributed by atoms with Gasteiger partial charge in [-0.3, -0.25) is 19.2 Å². The van der Waals surface area contributed by atoms with E-state index in [4.69, 9.17) is 0 Å². The Morgan fingerprint density at radius 3 is 2.59 bits per heavy atom. The summed E-state index contributed by atoms with van der Waals surface area (Å²) in [5.41, 5.74) is 5.15. The van der Waals surface area contributed by atoms with Gasteiger partial charge in [0.15, 0.2) is 0 Å². The normalized spacial score (nSPS) is 16.2. The minimum Gasteiger partial charge on any atom is -0.383 e. The first-order valence-electron chi connectivity index (χ1n) is 14.8. The zero-order valence-corrected chi connectivity index (χ0v) is 25.3. The summed E-state index contributed by atoms with van der Waals surface area (Å²) >= 11 is 0. The number of aryl methyl sites for hydroxylation is 1. The van der Waals surface area contributed by atoms with Crippen molar-refractivity contribution in [1.82, 2.24) is 41.2 Å². The number of rotatable bonds is 8. The van der Waals surface area contributed by atoms with E-state index in [2.05, 4.69) is 60.4 Å². The van der Waals surface area contributed by atoms with Crippen LogP contribution in [-0.4, -0.2) is 56.0 Å². The number of fused-ring (bicyclic) bond motifs is 2. The van der Waals surface area contributed by atoms with Gasteiger partial charge in [0.1, 0.15) is 29.1 Å². The van der Waals surface area contributed by atoms with Crippen molar-refractivity contribution in [1.29, 1.82) is 0 Å². The largest absolute Gasteiger partial charge is 0.383 e. The molecule has 0 fully saturated rings. The predicted octanol–water partition coefficient (Wildman–Crippen LogP) is 2.07. The quantitative estimate of drug-likeness (QED) is 0.186. The molecule has 3 aromatic carbocycles. The first-order chi connectivity index (χ1) is 22.1. The Kier molecular flexibility index (Phi) is 6.91. The molecular formula is C32H30N10O4. The summed E-state index contributed by atoms with van der Waals surface area (Å²) in [5, 5.41) is 22.8. The SMILES string of the molecule is CNc1c(N2CC(C)(C)c3ccc(CNC(=O)c4cc(C(=O)N[C@H]5CCc6cc(-c7nn[nH]n7)ccc65)ncn4)cc32)c(=O)c1=O. The molecule has 1 atom stereocenters. The molecule has 0 unspecified atom stereocenters. The van der Waals surface area contributed by atoms with E-state index >= 15 is 0 Å². The number of carbonyl (C=O) groups is 2. The summed E-state index contributed by atoms with van der Waals surface area (Å²) in [6, 6.07) is 12.9. The van der Waals surface area contributed by atoms with Gasteiger partial charge in [0, 0.05) is 42.9 Å². The zero-order valence-electron chi connectivity index (χ0n) is 25.3. The number of anilines is 3. The molecule has 0 spiro atoms. The number of benzene rings is 2. The summed E-state index contributed by atoms with van der Waals surface area (Å²) in [6.45, 7) is 4.89. The van der Waals surface area contributed by atoms with Crippen molar-refractivity contribution in [2.24, 2.45) is 0 Å². The first kappa shape index (κ1) is 29.0. The minimum absolute atomic E-state index is 0.0584. The second-order valence-electron chi connectivity index (χ2n) is 12.1. The third-order valence-electron chi connectivity index (χ3n) is 8.76. The Hall–Kier alpha value is -5.79. The number of aromatic nitrogens is 6. The van der Waals surface area contributed by atoms with Crippen molar-refractivity contribution >= 4 is 28.9 Å². The van der Waals surface area contributed by atoms with Crippen molar-refractivity contribution in [3.05, 3.63) is 103 Å². The number of nitrogens with zero attached hydrogens (tertiary/aromatic N) is 6. The highest BCUT2D eigenvalue weighted by Crippen LogP contribution is 2.45. The van der Waals surface area contributed by atoms with Crippen LogP contribution in [0.1, 0.15) is 69.5 Å². The maximum Gasteiger partial charge on any atom is 0.270 e. The molecule has 0 saturated carbocycles. The number of amides is 2. The van der Waals surface area contributed by atoms with Crippen LogP contribution < -0.4 is 31.7 Å². The van der Waals surface area contributed by atoms with Crippen LogP contribution in [0, 0.1) is 0 Å². The van der Waals surface area contributed by atoms with Crippen molar-refractivity contribution in [2.75, 3.05) is 23.8 Å². The smallest absolute Gasteiger partial charge is 0.270 e. The van der Waals surface area contributed by atoms with Gasteiger partial charge in [-0.25, -0.2) is 9.97 Å². The number of hydrogen-bond donors (Lipinski definition) is 4. The van der Waals surface area contributed by atoms with E-state index in [1.165, 1.54) is 12.4 Å². The highest BCUT2D eigenvalue weighted by atomic mass is 16.2. The fourth-order valence-corrected chi connectivity index (χ4v) is 6.42. The Labute approximate surface area is 262 Å². The maximum atomic E-state index is 13.2. The third-order valence-corrected chi connectivity index (χ3v) is 8.76. The van der Waals surface area contributed by atoms with Gasteiger partial charge in [0.25, 0.3) is 22.7 Å². The number of H-pyrrole nitrogens is 1.